The lowest BCUT2D eigenvalue weighted by Crippen LogP contribution is -2.27. The predicted octanol–water partition coefficient (Wildman–Crippen LogP) is 2.82. The summed E-state index contributed by atoms with van der Waals surface area (Å²) in [7, 11) is 3.75. The topological polar surface area (TPSA) is 70.4 Å². The van der Waals surface area contributed by atoms with Crippen LogP contribution in [-0.4, -0.2) is 37.6 Å². The van der Waals surface area contributed by atoms with Crippen LogP contribution in [0.25, 0.3) is 11.1 Å². The Hall–Kier alpha value is -1.50. The number of anilines is 2. The minimum atomic E-state index is 0. The Morgan fingerprint density at radius 1 is 1.43 bits per heavy atom. The van der Waals surface area contributed by atoms with E-state index < -0.39 is 0 Å². The number of hydrogen-bond donors (Lipinski definition) is 2. The fourth-order valence-electron chi connectivity index (χ4n) is 2.55. The van der Waals surface area contributed by atoms with E-state index in [1.54, 1.807) is 0 Å². The van der Waals surface area contributed by atoms with Crippen LogP contribution < -0.4 is 15.5 Å². The van der Waals surface area contributed by atoms with Crippen LogP contribution in [0.2, 0.25) is 0 Å². The first kappa shape index (κ1) is 19.5. The molecular weight excluding hydrogens is 339 g/mol. The molecule has 2 aromatic rings. The van der Waals surface area contributed by atoms with Gasteiger partial charge in [0.2, 0.25) is 5.91 Å². The molecule has 0 aliphatic carbocycles. The van der Waals surface area contributed by atoms with Crippen LogP contribution >= 0.6 is 24.8 Å². The number of fused-ring (bicyclic) bond motifs is 1. The zero-order valence-corrected chi connectivity index (χ0v) is 14.8. The summed E-state index contributed by atoms with van der Waals surface area (Å²) in [5.41, 5.74) is 2.22. The van der Waals surface area contributed by atoms with Crippen LogP contribution in [0.3, 0.4) is 0 Å². The fraction of sp³-hybridized carbons (Fsp3) is 0.467. The lowest BCUT2D eigenvalue weighted by molar-refractivity contribution is -0.116. The average Bonchev–Trinajstić information content (AvgIpc) is 3.06. The quantitative estimate of drug-likeness (QED) is 0.876. The number of benzene rings is 1. The van der Waals surface area contributed by atoms with E-state index in [0.717, 1.165) is 30.6 Å². The molecular formula is C15H22Cl2N4O2. The second-order valence-corrected chi connectivity index (χ2v) is 5.62. The van der Waals surface area contributed by atoms with E-state index >= 15 is 0 Å². The molecule has 1 aliphatic rings. The molecule has 8 heteroatoms. The molecule has 0 radical (unpaired) electrons. The molecule has 6 nitrogen and oxygen atoms in total. The van der Waals surface area contributed by atoms with Gasteiger partial charge in [0, 0.05) is 32.2 Å². The molecule has 1 atom stereocenters. The lowest BCUT2D eigenvalue weighted by Gasteiger charge is -2.10. The average molecular weight is 361 g/mol. The van der Waals surface area contributed by atoms with Gasteiger partial charge in [-0.2, -0.15) is 4.98 Å². The molecule has 0 spiro atoms. The molecule has 23 heavy (non-hydrogen) atoms. The van der Waals surface area contributed by atoms with Crippen LogP contribution in [0.5, 0.6) is 0 Å². The number of aromatic nitrogens is 1. The maximum absolute atomic E-state index is 12.0. The summed E-state index contributed by atoms with van der Waals surface area (Å²) >= 11 is 0. The van der Waals surface area contributed by atoms with Gasteiger partial charge in [0.15, 0.2) is 5.58 Å². The highest BCUT2D eigenvalue weighted by Crippen LogP contribution is 2.23. The van der Waals surface area contributed by atoms with Gasteiger partial charge >= 0.3 is 0 Å². The van der Waals surface area contributed by atoms with Crippen molar-refractivity contribution in [2.24, 2.45) is 0 Å². The van der Waals surface area contributed by atoms with Crippen molar-refractivity contribution in [2.45, 2.75) is 25.3 Å². The molecule has 0 saturated carbocycles. The first-order chi connectivity index (χ1) is 10.1. The van der Waals surface area contributed by atoms with Gasteiger partial charge in [0.1, 0.15) is 5.52 Å². The van der Waals surface area contributed by atoms with Gasteiger partial charge in [-0.1, -0.05) is 0 Å². The van der Waals surface area contributed by atoms with Gasteiger partial charge in [-0.3, -0.25) is 4.79 Å². The normalized spacial score (nSPS) is 16.5. The first-order valence-electron chi connectivity index (χ1n) is 7.23. The number of carbonyl (C=O) groups excluding carboxylic acids is 1. The molecule has 1 aromatic carbocycles. The molecule has 3 rings (SSSR count). The Labute approximate surface area is 147 Å². The van der Waals surface area contributed by atoms with Crippen molar-refractivity contribution < 1.29 is 9.21 Å². The van der Waals surface area contributed by atoms with Gasteiger partial charge in [-0.15, -0.1) is 24.8 Å². The SMILES string of the molecule is CN(C)c1nc2cc(NC(=O)CC3CCCN3)ccc2o1.Cl.Cl. The maximum Gasteiger partial charge on any atom is 0.297 e. The molecule has 128 valence electrons. The van der Waals surface area contributed by atoms with E-state index in [9.17, 15) is 4.79 Å². The lowest BCUT2D eigenvalue weighted by atomic mass is 10.1. The Morgan fingerprint density at radius 3 is 2.87 bits per heavy atom. The van der Waals surface area contributed by atoms with Crippen molar-refractivity contribution >= 4 is 53.5 Å². The highest BCUT2D eigenvalue weighted by atomic mass is 35.5. The van der Waals surface area contributed by atoms with Crippen molar-refractivity contribution in [2.75, 3.05) is 30.9 Å². The third kappa shape index (κ3) is 4.73. The summed E-state index contributed by atoms with van der Waals surface area (Å²) in [5.74, 6) is 0.0325. The number of nitrogens with zero attached hydrogens (tertiary/aromatic N) is 2. The van der Waals surface area contributed by atoms with Crippen LogP contribution in [0, 0.1) is 0 Å². The van der Waals surface area contributed by atoms with Crippen molar-refractivity contribution in [3.63, 3.8) is 0 Å². The van der Waals surface area contributed by atoms with Crippen molar-refractivity contribution in [1.29, 1.82) is 0 Å². The Bertz CT molecular complexity index is 654. The van der Waals surface area contributed by atoms with Gasteiger partial charge in [0.25, 0.3) is 6.01 Å². The molecule has 1 fully saturated rings. The number of amides is 1. The zero-order valence-electron chi connectivity index (χ0n) is 13.2. The maximum atomic E-state index is 12.0. The zero-order chi connectivity index (χ0) is 14.8. The summed E-state index contributed by atoms with van der Waals surface area (Å²) < 4.78 is 5.59. The summed E-state index contributed by atoms with van der Waals surface area (Å²) in [6.45, 7) is 1.01. The highest BCUT2D eigenvalue weighted by molar-refractivity contribution is 5.93. The second-order valence-electron chi connectivity index (χ2n) is 5.62. The largest absolute Gasteiger partial charge is 0.423 e. The summed E-state index contributed by atoms with van der Waals surface area (Å²) in [4.78, 5) is 18.2. The van der Waals surface area contributed by atoms with Gasteiger partial charge in [-0.05, 0) is 37.6 Å². The monoisotopic (exact) mass is 360 g/mol. The van der Waals surface area contributed by atoms with Crippen LogP contribution in [0.15, 0.2) is 22.6 Å². The summed E-state index contributed by atoms with van der Waals surface area (Å²) in [5, 5.41) is 6.25. The number of nitrogens with one attached hydrogen (secondary N) is 2. The van der Waals surface area contributed by atoms with Crippen molar-refractivity contribution in [1.82, 2.24) is 10.3 Å². The highest BCUT2D eigenvalue weighted by Gasteiger charge is 2.18. The van der Waals surface area contributed by atoms with E-state index in [1.165, 1.54) is 0 Å². The first-order valence-corrected chi connectivity index (χ1v) is 7.23. The molecule has 1 aliphatic heterocycles. The number of hydrogen-bond acceptors (Lipinski definition) is 5. The Balaban J connectivity index is 0.00000132. The second kappa shape index (κ2) is 8.38. The predicted molar refractivity (Wildman–Crippen MR) is 97.1 cm³/mol. The molecule has 1 saturated heterocycles. The van der Waals surface area contributed by atoms with Crippen LogP contribution in [0.1, 0.15) is 19.3 Å². The molecule has 2 heterocycles. The van der Waals surface area contributed by atoms with Gasteiger partial charge in [0.05, 0.1) is 0 Å². The Morgan fingerprint density at radius 2 is 2.22 bits per heavy atom. The third-order valence-corrected chi connectivity index (χ3v) is 3.64. The smallest absolute Gasteiger partial charge is 0.297 e. The number of oxazole rings is 1. The van der Waals surface area contributed by atoms with Crippen molar-refractivity contribution in [3.8, 4) is 0 Å². The fourth-order valence-corrected chi connectivity index (χ4v) is 2.55. The van der Waals surface area contributed by atoms with Gasteiger partial charge in [-0.25, -0.2) is 0 Å². The number of halogens is 2. The summed E-state index contributed by atoms with van der Waals surface area (Å²) in [6.07, 6.45) is 2.73. The minimum absolute atomic E-state index is 0. The number of carbonyl (C=O) groups is 1. The standard InChI is InChI=1S/C15H20N4O2.2ClH/c1-19(2)15-18-12-8-11(5-6-13(12)21-15)17-14(20)9-10-4-3-7-16-10;;/h5-6,8,10,16H,3-4,7,9H2,1-2H3,(H,17,20);2*1H. The van der Waals surface area contributed by atoms with E-state index in [-0.39, 0.29) is 30.7 Å². The third-order valence-electron chi connectivity index (χ3n) is 3.64. The molecule has 2 N–H and O–H groups in total. The molecule has 1 aromatic heterocycles. The number of rotatable bonds is 4. The Kier molecular flexibility index (Phi) is 7.12. The summed E-state index contributed by atoms with van der Waals surface area (Å²) in [6, 6.07) is 6.38. The van der Waals surface area contributed by atoms with E-state index in [0.29, 0.717) is 24.1 Å². The molecule has 1 amide bonds. The van der Waals surface area contributed by atoms with E-state index in [2.05, 4.69) is 15.6 Å². The molecule has 0 bridgehead atoms. The van der Waals surface area contributed by atoms with Gasteiger partial charge < -0.3 is 20.0 Å². The minimum Gasteiger partial charge on any atom is -0.423 e. The molecule has 1 unspecified atom stereocenters. The van der Waals surface area contributed by atoms with Crippen LogP contribution in [-0.2, 0) is 4.79 Å². The van der Waals surface area contributed by atoms with Crippen molar-refractivity contribution in [3.05, 3.63) is 18.2 Å². The van der Waals surface area contributed by atoms with E-state index in [4.69, 9.17) is 4.42 Å². The van der Waals surface area contributed by atoms with Crippen LogP contribution in [0.4, 0.5) is 11.7 Å². The van der Waals surface area contributed by atoms with E-state index in [1.807, 2.05) is 37.2 Å².